The fourth-order valence-electron chi connectivity index (χ4n) is 0.659. The molecule has 3 N–H and O–H groups in total. The second-order valence-corrected chi connectivity index (χ2v) is 3.02. The van der Waals surface area contributed by atoms with E-state index in [0.29, 0.717) is 6.42 Å². The van der Waals surface area contributed by atoms with Crippen LogP contribution in [0.25, 0.3) is 0 Å². The zero-order valence-corrected chi connectivity index (χ0v) is 8.78. The van der Waals surface area contributed by atoms with Gasteiger partial charge in [-0.1, -0.05) is 0 Å². The van der Waals surface area contributed by atoms with Gasteiger partial charge in [-0.05, 0) is 18.4 Å². The second-order valence-electron chi connectivity index (χ2n) is 2.03. The Kier molecular flexibility index (Phi) is 11.5. The van der Waals surface area contributed by atoms with Crippen molar-refractivity contribution in [2.24, 2.45) is 0 Å². The number of aliphatic hydroxyl groups is 1. The molecule has 0 aromatic heterocycles. The molecular weight excluding hydrogens is 221 g/mol. The van der Waals surface area contributed by atoms with Crippen molar-refractivity contribution in [3.8, 4) is 0 Å². The van der Waals surface area contributed by atoms with Gasteiger partial charge in [-0.15, -0.1) is 0 Å². The Morgan fingerprint density at radius 1 is 1.67 bits per heavy atom. The molecule has 0 heterocycles. The number of aliphatic carboxylic acids is 1. The third-order valence-electron chi connectivity index (χ3n) is 1.25. The number of carbonyl (C=O) groups is 1. The summed E-state index contributed by atoms with van der Waals surface area (Å²) in [4.78, 5) is 10.4. The van der Waals surface area contributed by atoms with E-state index in [1.54, 1.807) is 11.8 Å². The van der Waals surface area contributed by atoms with Gasteiger partial charge in [0, 0.05) is 17.1 Å². The maximum Gasteiger partial charge on any atom is 0.320 e. The predicted octanol–water partition coefficient (Wildman–Crippen LogP) is -0.270. The first kappa shape index (κ1) is 14.8. The molecular formula is C6H13MnNO3S. The molecule has 1 unspecified atom stereocenters. The van der Waals surface area contributed by atoms with E-state index in [4.69, 9.17) is 10.2 Å². The van der Waals surface area contributed by atoms with Crippen LogP contribution in [0.2, 0.25) is 0 Å². The van der Waals surface area contributed by atoms with Crippen LogP contribution in [0, 0.1) is 0 Å². The van der Waals surface area contributed by atoms with E-state index >= 15 is 0 Å². The van der Waals surface area contributed by atoms with Crippen LogP contribution in [0.4, 0.5) is 0 Å². The normalized spacial score (nSPS) is 11.8. The first-order valence-electron chi connectivity index (χ1n) is 3.28. The van der Waals surface area contributed by atoms with Gasteiger partial charge in [0.25, 0.3) is 0 Å². The Hall–Kier alpha value is 0.259. The van der Waals surface area contributed by atoms with E-state index in [9.17, 15) is 4.79 Å². The van der Waals surface area contributed by atoms with Crippen molar-refractivity contribution < 1.29 is 32.1 Å². The van der Waals surface area contributed by atoms with Crippen molar-refractivity contribution in [1.82, 2.24) is 5.32 Å². The molecule has 6 heteroatoms. The summed E-state index contributed by atoms with van der Waals surface area (Å²) < 4.78 is 0. The van der Waals surface area contributed by atoms with E-state index in [-0.39, 0.29) is 23.8 Å². The van der Waals surface area contributed by atoms with Gasteiger partial charge in [-0.3, -0.25) is 10.1 Å². The Morgan fingerprint density at radius 3 is 2.58 bits per heavy atom. The number of aliphatic hydroxyl groups excluding tert-OH is 1. The third kappa shape index (κ3) is 6.94. The van der Waals surface area contributed by atoms with Gasteiger partial charge in [-0.25, -0.2) is 0 Å². The first-order chi connectivity index (χ1) is 5.22. The van der Waals surface area contributed by atoms with Crippen LogP contribution >= 0.6 is 11.8 Å². The molecule has 0 fully saturated rings. The van der Waals surface area contributed by atoms with Gasteiger partial charge in [-0.2, -0.15) is 11.8 Å². The van der Waals surface area contributed by atoms with E-state index in [1.165, 1.54) is 0 Å². The molecule has 1 radical (unpaired) electrons. The zero-order chi connectivity index (χ0) is 8.69. The summed E-state index contributed by atoms with van der Waals surface area (Å²) in [6.07, 6.45) is 2.45. The molecule has 0 spiro atoms. The average Bonchev–Trinajstić information content (AvgIpc) is 1.97. The minimum atomic E-state index is -0.909. The number of carboxylic acid groups (broad SMARTS) is 1. The molecule has 0 amide bonds. The minimum absolute atomic E-state index is 0. The summed E-state index contributed by atoms with van der Waals surface area (Å²) in [6, 6.07) is -0.618. The molecule has 0 saturated heterocycles. The van der Waals surface area contributed by atoms with Crippen molar-refractivity contribution in [2.75, 3.05) is 18.7 Å². The molecule has 0 aliphatic carbocycles. The van der Waals surface area contributed by atoms with Crippen LogP contribution in [0.5, 0.6) is 0 Å². The van der Waals surface area contributed by atoms with Crippen molar-refractivity contribution in [1.29, 1.82) is 0 Å². The molecule has 4 nitrogen and oxygen atoms in total. The summed E-state index contributed by atoms with van der Waals surface area (Å²) in [5.41, 5.74) is 0. The van der Waals surface area contributed by atoms with Crippen LogP contribution in [0.1, 0.15) is 6.42 Å². The van der Waals surface area contributed by atoms with Crippen molar-refractivity contribution in [3.63, 3.8) is 0 Å². The Balaban J connectivity index is 0. The van der Waals surface area contributed by atoms with Gasteiger partial charge < -0.3 is 10.2 Å². The molecule has 0 saturated carbocycles. The summed E-state index contributed by atoms with van der Waals surface area (Å²) >= 11 is 1.59. The van der Waals surface area contributed by atoms with Crippen molar-refractivity contribution in [3.05, 3.63) is 0 Å². The van der Waals surface area contributed by atoms with Crippen LogP contribution in [0.15, 0.2) is 0 Å². The molecule has 0 aliphatic heterocycles. The topological polar surface area (TPSA) is 69.6 Å². The Bertz CT molecular complexity index is 125. The maximum atomic E-state index is 10.4. The predicted molar refractivity (Wildman–Crippen MR) is 44.6 cm³/mol. The van der Waals surface area contributed by atoms with Gasteiger partial charge in [0.1, 0.15) is 6.04 Å². The fraction of sp³-hybridized carbons (Fsp3) is 0.833. The average molecular weight is 234 g/mol. The molecule has 0 bridgehead atoms. The standard InChI is InChI=1S/C6H13NO3S.Mn/c1-11-3-2-5(6(9)10)7-4-8;/h5,7-8H,2-4H2,1H3,(H,9,10);. The minimum Gasteiger partial charge on any atom is -0.480 e. The van der Waals surface area contributed by atoms with E-state index in [0.717, 1.165) is 5.75 Å². The fourth-order valence-corrected chi connectivity index (χ4v) is 1.13. The first-order valence-corrected chi connectivity index (χ1v) is 4.67. The number of nitrogens with one attached hydrogen (secondary N) is 1. The largest absolute Gasteiger partial charge is 0.480 e. The SMILES string of the molecule is CSCCC(NCO)C(=O)O.[Mn]. The molecule has 0 aromatic carbocycles. The Morgan fingerprint density at radius 2 is 2.25 bits per heavy atom. The van der Waals surface area contributed by atoms with E-state index in [2.05, 4.69) is 5.32 Å². The molecule has 0 aliphatic rings. The summed E-state index contributed by atoms with van der Waals surface area (Å²) in [7, 11) is 0. The summed E-state index contributed by atoms with van der Waals surface area (Å²) in [5.74, 6) is -0.127. The monoisotopic (exact) mass is 234 g/mol. The van der Waals surface area contributed by atoms with E-state index in [1.807, 2.05) is 6.26 Å². The number of hydrogen-bond donors (Lipinski definition) is 3. The van der Waals surface area contributed by atoms with Gasteiger partial charge >= 0.3 is 5.97 Å². The quantitative estimate of drug-likeness (QED) is 0.436. The smallest absolute Gasteiger partial charge is 0.320 e. The molecule has 12 heavy (non-hydrogen) atoms. The number of thioether (sulfide) groups is 1. The molecule has 0 aromatic rings. The maximum absolute atomic E-state index is 10.4. The number of hydrogen-bond acceptors (Lipinski definition) is 4. The van der Waals surface area contributed by atoms with Gasteiger partial charge in [0.05, 0.1) is 6.73 Å². The zero-order valence-electron chi connectivity index (χ0n) is 6.79. The summed E-state index contributed by atoms with van der Waals surface area (Å²) in [6.45, 7) is -0.286. The number of rotatable bonds is 6. The van der Waals surface area contributed by atoms with Gasteiger partial charge in [0.2, 0.25) is 0 Å². The third-order valence-corrected chi connectivity index (χ3v) is 1.89. The Labute approximate surface area is 86.6 Å². The van der Waals surface area contributed by atoms with Crippen LogP contribution in [0.3, 0.4) is 0 Å². The van der Waals surface area contributed by atoms with Gasteiger partial charge in [0.15, 0.2) is 0 Å². The molecule has 73 valence electrons. The van der Waals surface area contributed by atoms with Crippen LogP contribution in [-0.4, -0.2) is 41.0 Å². The van der Waals surface area contributed by atoms with Crippen LogP contribution in [-0.2, 0) is 21.9 Å². The van der Waals surface area contributed by atoms with E-state index < -0.39 is 12.0 Å². The van der Waals surface area contributed by atoms with Crippen molar-refractivity contribution in [2.45, 2.75) is 12.5 Å². The number of carboxylic acids is 1. The summed E-state index contributed by atoms with van der Waals surface area (Å²) in [5, 5.41) is 19.4. The van der Waals surface area contributed by atoms with Crippen molar-refractivity contribution >= 4 is 17.7 Å². The second kappa shape index (κ2) is 9.35. The molecule has 1 atom stereocenters. The molecule has 0 rings (SSSR count). The van der Waals surface area contributed by atoms with Crippen LogP contribution < -0.4 is 5.32 Å².